The average Bonchev–Trinajstić information content (AvgIpc) is 2.73. The first-order valence-electron chi connectivity index (χ1n) is 5.43. The molecule has 3 atom stereocenters. The van der Waals surface area contributed by atoms with Crippen molar-refractivity contribution in [2.45, 2.75) is 43.0 Å². The van der Waals surface area contributed by atoms with E-state index in [-0.39, 0.29) is 6.03 Å². The van der Waals surface area contributed by atoms with Crippen molar-refractivity contribution < 1.29 is 24.1 Å². The van der Waals surface area contributed by atoms with E-state index >= 15 is 0 Å². The molecule has 3 nitrogen and oxygen atoms in total. The van der Waals surface area contributed by atoms with Crippen molar-refractivity contribution in [1.29, 1.82) is 0 Å². The Balaban J connectivity index is 1.74. The van der Waals surface area contributed by atoms with Gasteiger partial charge in [-0.2, -0.15) is 0 Å². The van der Waals surface area contributed by atoms with E-state index in [0.717, 1.165) is 5.75 Å². The van der Waals surface area contributed by atoms with Crippen molar-refractivity contribution in [2.24, 2.45) is 0 Å². The molecule has 2 heterocycles. The van der Waals surface area contributed by atoms with Gasteiger partial charge in [-0.3, -0.25) is 0 Å². The van der Waals surface area contributed by atoms with Gasteiger partial charge in [-0.25, -0.2) is 0 Å². The number of fused-ring (bicyclic) bond motifs is 1. The Hall–Kier alpha value is 0.178. The fourth-order valence-corrected chi connectivity index (χ4v) is 4.36. The maximum atomic E-state index is 11.1. The quantitative estimate of drug-likeness (QED) is 0.539. The van der Waals surface area contributed by atoms with Gasteiger partial charge in [0.25, 0.3) is 0 Å². The van der Waals surface area contributed by atoms with Gasteiger partial charge in [-0.15, -0.1) is 0 Å². The van der Waals surface area contributed by atoms with Crippen molar-refractivity contribution >= 4 is 22.2 Å². The first-order valence-corrected chi connectivity index (χ1v) is 8.18. The Morgan fingerprint density at radius 1 is 1.47 bits per heavy atom. The zero-order valence-corrected chi connectivity index (χ0v) is 12.3. The van der Waals surface area contributed by atoms with Gasteiger partial charge < -0.3 is 0 Å². The molecule has 2 fully saturated rings. The van der Waals surface area contributed by atoms with Crippen LogP contribution in [0.2, 0.25) is 0 Å². The molecule has 2 aliphatic heterocycles. The van der Waals surface area contributed by atoms with Gasteiger partial charge in [0.1, 0.15) is 0 Å². The predicted octanol–water partition coefficient (Wildman–Crippen LogP) is 1.06. The van der Waals surface area contributed by atoms with E-state index < -0.39 is 0 Å². The van der Waals surface area contributed by atoms with Gasteiger partial charge in [0.2, 0.25) is 0 Å². The summed E-state index contributed by atoms with van der Waals surface area (Å²) in [5.41, 5.74) is 0. The van der Waals surface area contributed by atoms with Gasteiger partial charge in [0.05, 0.1) is 0 Å². The SMILES string of the molecule is O=C1N[C@H]2[C@H](CS[C@H]2CCCC[CH]=[W])N1. The van der Waals surface area contributed by atoms with Gasteiger partial charge >= 0.3 is 106 Å². The predicted molar refractivity (Wildman–Crippen MR) is 60.0 cm³/mol. The molecule has 0 aromatic rings. The number of carbonyl (C=O) groups is 1. The summed E-state index contributed by atoms with van der Waals surface area (Å²) in [6.07, 6.45) is 5.10. The molecule has 15 heavy (non-hydrogen) atoms. The number of rotatable bonds is 5. The number of carbonyl (C=O) groups excluding carboxylic acids is 1. The molecule has 0 bridgehead atoms. The molecule has 84 valence electrons. The van der Waals surface area contributed by atoms with Crippen molar-refractivity contribution in [1.82, 2.24) is 10.6 Å². The number of hydrogen-bond donors (Lipinski definition) is 2. The van der Waals surface area contributed by atoms with Crippen molar-refractivity contribution in [3.63, 3.8) is 0 Å². The molecule has 0 radical (unpaired) electrons. The Bertz CT molecular complexity index is 262. The fourth-order valence-electron chi connectivity index (χ4n) is 2.22. The van der Waals surface area contributed by atoms with Crippen LogP contribution in [0.4, 0.5) is 4.79 Å². The molecule has 0 spiro atoms. The van der Waals surface area contributed by atoms with Gasteiger partial charge in [-0.05, 0) is 0 Å². The topological polar surface area (TPSA) is 41.1 Å². The second-order valence-corrected chi connectivity index (χ2v) is 6.54. The first kappa shape index (κ1) is 11.7. The van der Waals surface area contributed by atoms with Crippen LogP contribution in [-0.4, -0.2) is 33.5 Å². The minimum absolute atomic E-state index is 0.0285. The number of hydrogen-bond acceptors (Lipinski definition) is 2. The number of nitrogens with one attached hydrogen (secondary N) is 2. The summed E-state index contributed by atoms with van der Waals surface area (Å²) < 4.78 is 2.31. The summed E-state index contributed by atoms with van der Waals surface area (Å²) in [5, 5.41) is 6.64. The second-order valence-electron chi connectivity index (χ2n) is 4.07. The van der Waals surface area contributed by atoms with E-state index in [1.807, 2.05) is 11.8 Å². The molecule has 2 N–H and O–H groups in total. The van der Waals surface area contributed by atoms with E-state index in [1.54, 1.807) is 19.4 Å². The third-order valence-corrected chi connectivity index (χ3v) is 5.35. The monoisotopic (exact) mass is 396 g/mol. The molecule has 2 saturated heterocycles. The third-order valence-electron chi connectivity index (χ3n) is 3.00. The molecule has 0 unspecified atom stereocenters. The van der Waals surface area contributed by atoms with Gasteiger partial charge in [-0.1, -0.05) is 0 Å². The zero-order valence-electron chi connectivity index (χ0n) is 8.57. The van der Waals surface area contributed by atoms with E-state index in [2.05, 4.69) is 15.0 Å². The molecule has 2 rings (SSSR count). The molecule has 2 amide bonds. The van der Waals surface area contributed by atoms with Crippen LogP contribution in [0.3, 0.4) is 0 Å². The summed E-state index contributed by atoms with van der Waals surface area (Å²) in [6, 6.07) is 0.800. The number of unbranched alkanes of at least 4 members (excludes halogenated alkanes) is 2. The van der Waals surface area contributed by atoms with Crippen molar-refractivity contribution in [3.05, 3.63) is 0 Å². The number of urea groups is 1. The first-order chi connectivity index (χ1) is 7.31. The Morgan fingerprint density at radius 2 is 2.33 bits per heavy atom. The van der Waals surface area contributed by atoms with Gasteiger partial charge in [0, 0.05) is 0 Å². The summed E-state index contributed by atoms with van der Waals surface area (Å²) in [5.74, 6) is 1.08. The van der Waals surface area contributed by atoms with Crippen LogP contribution in [0.5, 0.6) is 0 Å². The Kier molecular flexibility index (Phi) is 4.27. The second kappa shape index (κ2) is 5.49. The van der Waals surface area contributed by atoms with Crippen LogP contribution in [0.15, 0.2) is 0 Å². The molecule has 0 aliphatic carbocycles. The number of thioether (sulfide) groups is 1. The van der Waals surface area contributed by atoms with Crippen LogP contribution < -0.4 is 10.6 Å². The van der Waals surface area contributed by atoms with Crippen molar-refractivity contribution in [2.75, 3.05) is 5.75 Å². The molecule has 0 aromatic heterocycles. The normalized spacial score (nSPS) is 33.3. The molecular formula is C10H16N2OSW. The van der Waals surface area contributed by atoms with Crippen LogP contribution in [0, 0.1) is 0 Å². The maximum absolute atomic E-state index is 11.1. The van der Waals surface area contributed by atoms with Crippen LogP contribution >= 0.6 is 11.8 Å². The molecule has 5 heteroatoms. The summed E-state index contributed by atoms with van der Waals surface area (Å²) in [6.45, 7) is 0. The fraction of sp³-hybridized carbons (Fsp3) is 0.800. The average molecular weight is 396 g/mol. The summed E-state index contributed by atoms with van der Waals surface area (Å²) >= 11 is 3.59. The zero-order chi connectivity index (χ0) is 10.7. The van der Waals surface area contributed by atoms with Crippen LogP contribution in [0.1, 0.15) is 25.7 Å². The summed E-state index contributed by atoms with van der Waals surface area (Å²) in [4.78, 5) is 11.1. The van der Waals surface area contributed by atoms with Crippen molar-refractivity contribution in [3.8, 4) is 0 Å². The van der Waals surface area contributed by atoms with E-state index in [9.17, 15) is 4.79 Å². The summed E-state index contributed by atoms with van der Waals surface area (Å²) in [7, 11) is 0. The van der Waals surface area contributed by atoms with E-state index in [4.69, 9.17) is 0 Å². The molecular weight excluding hydrogens is 380 g/mol. The number of amides is 2. The van der Waals surface area contributed by atoms with E-state index in [1.165, 1.54) is 25.7 Å². The third kappa shape index (κ3) is 2.85. The molecule has 0 saturated carbocycles. The van der Waals surface area contributed by atoms with Crippen LogP contribution in [-0.2, 0) is 19.4 Å². The Labute approximate surface area is 106 Å². The minimum atomic E-state index is 0.0285. The molecule has 0 aromatic carbocycles. The molecule has 2 aliphatic rings. The van der Waals surface area contributed by atoms with E-state index in [0.29, 0.717) is 17.3 Å². The standard InChI is InChI=1S/C10H16N2OS.W/c1-2-3-4-5-8-9-7(6-14-8)11-10(13)12-9;/h1,7-9H,2-6H2,(H2,11,12,13);/t7-,8-,9-;/m0./s1. The Morgan fingerprint density at radius 3 is 3.13 bits per heavy atom. The van der Waals surface area contributed by atoms with Crippen LogP contribution in [0.25, 0.3) is 0 Å². The van der Waals surface area contributed by atoms with Gasteiger partial charge in [0.15, 0.2) is 0 Å².